The molecule has 10 nitrogen and oxygen atoms in total. The van der Waals surface area contributed by atoms with E-state index in [1.165, 1.54) is 0 Å². The van der Waals surface area contributed by atoms with Crippen molar-refractivity contribution < 1.29 is 40.8 Å². The lowest BCUT2D eigenvalue weighted by molar-refractivity contribution is -0.143. The summed E-state index contributed by atoms with van der Waals surface area (Å²) in [5.74, 6) is -1.18. The summed E-state index contributed by atoms with van der Waals surface area (Å²) in [6.45, 7) is -0.194. The van der Waals surface area contributed by atoms with E-state index < -0.39 is 48.0 Å². The monoisotopic (exact) mass is 645 g/mol. The van der Waals surface area contributed by atoms with E-state index in [0.717, 1.165) is 4.68 Å². The molecule has 2 heterocycles. The molecule has 44 heavy (non-hydrogen) atoms. The number of nitrogens with one attached hydrogen (secondary N) is 2. The fraction of sp³-hybridized carbons (Fsp3) is 0.333. The van der Waals surface area contributed by atoms with Gasteiger partial charge in [0.05, 0.1) is 34.9 Å². The van der Waals surface area contributed by atoms with E-state index in [0.29, 0.717) is 30.8 Å². The molecule has 4 aromatic rings. The Morgan fingerprint density at radius 1 is 1.07 bits per heavy atom. The van der Waals surface area contributed by atoms with Crippen molar-refractivity contribution in [3.63, 3.8) is 0 Å². The van der Waals surface area contributed by atoms with Gasteiger partial charge in [-0.15, -0.1) is 5.10 Å². The molecular formula is C27H26ClF6N7O3. The molecular weight excluding hydrogens is 620 g/mol. The maximum Gasteiger partial charge on any atom is 0.416 e. The molecule has 0 bridgehead atoms. The fourth-order valence-electron chi connectivity index (χ4n) is 4.19. The number of aliphatic hydroxyl groups excluding tert-OH is 1. The van der Waals surface area contributed by atoms with Crippen molar-refractivity contribution in [1.29, 1.82) is 0 Å². The van der Waals surface area contributed by atoms with Gasteiger partial charge in [-0.3, -0.25) is 10.1 Å². The lowest BCUT2D eigenvalue weighted by Gasteiger charge is -2.16. The van der Waals surface area contributed by atoms with E-state index in [4.69, 9.17) is 16.1 Å². The van der Waals surface area contributed by atoms with Gasteiger partial charge in [-0.25, -0.2) is 4.68 Å². The number of anilines is 1. The minimum atomic E-state index is -5.05. The van der Waals surface area contributed by atoms with Crippen molar-refractivity contribution in [2.24, 2.45) is 0 Å². The van der Waals surface area contributed by atoms with E-state index in [1.54, 1.807) is 24.3 Å². The number of carbonyl (C=O) groups excluding carboxylic acids is 1. The van der Waals surface area contributed by atoms with Crippen LogP contribution in [0.1, 0.15) is 38.5 Å². The standard InChI is InChI=1S/C27H26ClF6N7O3/c1-40(2)8-7-35-14-36-25-23(24(43)21-20(13-42)44-38-22(21)18-5-3-4-6-19(18)28)37-39-41(25)12-15-9-16(26(29,30)31)11-17(10-15)27(32,33)34/h3-6,9-11,35-36,42H,7-8,12-14H2,1-2H3. The Morgan fingerprint density at radius 2 is 1.73 bits per heavy atom. The highest BCUT2D eigenvalue weighted by atomic mass is 35.5. The van der Waals surface area contributed by atoms with Gasteiger partial charge in [0.15, 0.2) is 17.3 Å². The summed E-state index contributed by atoms with van der Waals surface area (Å²) in [6.07, 6.45) is -10.1. The maximum atomic E-state index is 13.9. The second-order valence-corrected chi connectivity index (χ2v) is 10.2. The molecule has 0 saturated heterocycles. The molecule has 236 valence electrons. The highest BCUT2D eigenvalue weighted by Crippen LogP contribution is 2.37. The number of alkyl halides is 6. The second-order valence-electron chi connectivity index (χ2n) is 9.81. The summed E-state index contributed by atoms with van der Waals surface area (Å²) >= 11 is 6.30. The van der Waals surface area contributed by atoms with Gasteiger partial charge in [0.25, 0.3) is 0 Å². The van der Waals surface area contributed by atoms with Crippen LogP contribution in [-0.4, -0.2) is 69.8 Å². The van der Waals surface area contributed by atoms with Crippen molar-refractivity contribution in [3.8, 4) is 11.3 Å². The van der Waals surface area contributed by atoms with Gasteiger partial charge in [-0.1, -0.05) is 40.2 Å². The topological polar surface area (TPSA) is 121 Å². The second kappa shape index (κ2) is 13.3. The van der Waals surface area contributed by atoms with Gasteiger partial charge in [0.2, 0.25) is 5.78 Å². The number of halogens is 7. The molecule has 2 aromatic heterocycles. The molecule has 0 aliphatic rings. The number of benzene rings is 2. The van der Waals surface area contributed by atoms with Crippen LogP contribution in [0, 0.1) is 0 Å². The summed E-state index contributed by atoms with van der Waals surface area (Å²) in [6, 6.07) is 7.55. The van der Waals surface area contributed by atoms with Crippen molar-refractivity contribution in [1.82, 2.24) is 30.4 Å². The minimum absolute atomic E-state index is 0.0121. The summed E-state index contributed by atoms with van der Waals surface area (Å²) in [5.41, 5.74) is -3.65. The predicted molar refractivity (Wildman–Crippen MR) is 147 cm³/mol. The van der Waals surface area contributed by atoms with Crippen LogP contribution >= 0.6 is 11.6 Å². The van der Waals surface area contributed by atoms with Crippen LogP contribution in [0.25, 0.3) is 11.3 Å². The zero-order valence-corrected chi connectivity index (χ0v) is 24.0. The van der Waals surface area contributed by atoms with Crippen LogP contribution in [0.4, 0.5) is 32.2 Å². The zero-order chi connectivity index (χ0) is 32.2. The van der Waals surface area contributed by atoms with E-state index >= 15 is 0 Å². The fourth-order valence-corrected chi connectivity index (χ4v) is 4.42. The number of carbonyl (C=O) groups is 1. The Kier molecular flexibility index (Phi) is 9.98. The Bertz CT molecular complexity index is 1590. The van der Waals surface area contributed by atoms with Gasteiger partial charge in [-0.2, -0.15) is 26.3 Å². The number of aliphatic hydroxyl groups is 1. The van der Waals surface area contributed by atoms with Crippen molar-refractivity contribution in [3.05, 3.63) is 81.2 Å². The zero-order valence-electron chi connectivity index (χ0n) is 23.2. The molecule has 0 radical (unpaired) electrons. The van der Waals surface area contributed by atoms with Crippen molar-refractivity contribution in [2.45, 2.75) is 25.5 Å². The van der Waals surface area contributed by atoms with E-state index in [-0.39, 0.29) is 46.3 Å². The van der Waals surface area contributed by atoms with E-state index in [9.17, 15) is 36.2 Å². The van der Waals surface area contributed by atoms with Crippen LogP contribution in [0.2, 0.25) is 5.02 Å². The van der Waals surface area contributed by atoms with Crippen LogP contribution in [0.5, 0.6) is 0 Å². The molecule has 0 spiro atoms. The van der Waals surface area contributed by atoms with Crippen LogP contribution in [0.15, 0.2) is 47.0 Å². The third kappa shape index (κ3) is 7.56. The first kappa shape index (κ1) is 32.9. The average Bonchev–Trinajstić information content (AvgIpc) is 3.55. The molecule has 0 aliphatic heterocycles. The third-order valence-electron chi connectivity index (χ3n) is 6.31. The van der Waals surface area contributed by atoms with Crippen molar-refractivity contribution in [2.75, 3.05) is 39.2 Å². The Morgan fingerprint density at radius 3 is 2.32 bits per heavy atom. The minimum Gasteiger partial charge on any atom is -0.388 e. The highest BCUT2D eigenvalue weighted by Gasteiger charge is 2.37. The molecule has 0 fully saturated rings. The van der Waals surface area contributed by atoms with Gasteiger partial charge >= 0.3 is 12.4 Å². The number of ketones is 1. The summed E-state index contributed by atoms with van der Waals surface area (Å²) in [5, 5.41) is 27.7. The first-order valence-electron chi connectivity index (χ1n) is 12.9. The Hall–Kier alpha value is -3.99. The smallest absolute Gasteiger partial charge is 0.388 e. The first-order valence-corrected chi connectivity index (χ1v) is 13.3. The van der Waals surface area contributed by atoms with Gasteiger partial charge in [0, 0.05) is 18.7 Å². The van der Waals surface area contributed by atoms with Crippen molar-refractivity contribution >= 4 is 23.2 Å². The van der Waals surface area contributed by atoms with Gasteiger partial charge in [-0.05, 0) is 43.9 Å². The maximum absolute atomic E-state index is 13.9. The predicted octanol–water partition coefficient (Wildman–Crippen LogP) is 4.92. The number of nitrogens with zero attached hydrogens (tertiary/aromatic N) is 5. The number of likely N-dealkylation sites (N-methyl/N-ethyl adjacent to an activating group) is 1. The van der Waals surface area contributed by atoms with Crippen LogP contribution < -0.4 is 10.6 Å². The first-order chi connectivity index (χ1) is 20.7. The molecule has 3 N–H and O–H groups in total. The van der Waals surface area contributed by atoms with Gasteiger partial charge < -0.3 is 19.8 Å². The van der Waals surface area contributed by atoms with E-state index in [2.05, 4.69) is 26.1 Å². The largest absolute Gasteiger partial charge is 0.416 e. The van der Waals surface area contributed by atoms with Crippen LogP contribution in [-0.2, 0) is 25.5 Å². The summed E-state index contributed by atoms with van der Waals surface area (Å²) < 4.78 is 87.0. The summed E-state index contributed by atoms with van der Waals surface area (Å²) in [7, 11) is 3.70. The molecule has 0 atom stereocenters. The van der Waals surface area contributed by atoms with Crippen LogP contribution in [0.3, 0.4) is 0 Å². The molecule has 0 aliphatic carbocycles. The van der Waals surface area contributed by atoms with E-state index in [1.807, 2.05) is 19.0 Å². The lowest BCUT2D eigenvalue weighted by atomic mass is 10.0. The average molecular weight is 646 g/mol. The molecule has 0 unspecified atom stereocenters. The SMILES string of the molecule is CN(C)CCNCNc1c(C(=O)c2c(-c3ccccc3Cl)noc2CO)nnn1Cc1cc(C(F)(F)F)cc(C(F)(F)F)c1. The number of aromatic nitrogens is 4. The van der Waals surface area contributed by atoms with Gasteiger partial charge in [0.1, 0.15) is 12.3 Å². The molecule has 0 saturated carbocycles. The number of rotatable bonds is 12. The number of hydrogen-bond acceptors (Lipinski definition) is 9. The molecule has 17 heteroatoms. The Balaban J connectivity index is 1.78. The summed E-state index contributed by atoms with van der Waals surface area (Å²) in [4.78, 5) is 15.8. The Labute approximate surface area is 251 Å². The third-order valence-corrected chi connectivity index (χ3v) is 6.64. The highest BCUT2D eigenvalue weighted by molar-refractivity contribution is 6.33. The lowest BCUT2D eigenvalue weighted by Crippen LogP contribution is -2.31. The molecule has 4 rings (SSSR count). The normalized spacial score (nSPS) is 12.2. The number of hydrogen-bond donors (Lipinski definition) is 3. The molecule has 2 aromatic carbocycles. The quantitative estimate of drug-likeness (QED) is 0.0854. The molecule has 0 amide bonds.